The molecule has 0 atom stereocenters. The van der Waals surface area contributed by atoms with Gasteiger partial charge in [-0.1, -0.05) is 26.0 Å². The first kappa shape index (κ1) is 9.11. The Morgan fingerprint density at radius 1 is 1.25 bits per heavy atom. The van der Waals surface area contributed by atoms with Crippen LogP contribution in [0.5, 0.6) is 5.75 Å². The highest BCUT2D eigenvalue weighted by Gasteiger charge is 1.97. The monoisotopic (exact) mass is 163 g/mol. The molecule has 0 aliphatic heterocycles. The molecule has 1 aromatic rings. The zero-order valence-electron chi connectivity index (χ0n) is 7.71. The maximum atomic E-state index is 5.23. The predicted octanol–water partition coefficient (Wildman–Crippen LogP) is 3.02. The third-order valence-electron chi connectivity index (χ3n) is 1.82. The third-order valence-corrected chi connectivity index (χ3v) is 1.82. The fraction of sp³-hybridized carbons (Fsp3) is 0.364. The van der Waals surface area contributed by atoms with Crippen LogP contribution in [0.1, 0.15) is 25.3 Å². The van der Waals surface area contributed by atoms with E-state index in [1.54, 1.807) is 0 Å². The van der Waals surface area contributed by atoms with Gasteiger partial charge in [-0.25, -0.2) is 0 Å². The maximum Gasteiger partial charge on any atom is 0.119 e. The van der Waals surface area contributed by atoms with E-state index in [4.69, 9.17) is 4.74 Å². The number of hydrogen-bond acceptors (Lipinski definition) is 1. The number of hydrogen-bond donors (Lipinski definition) is 0. The average molecular weight is 163 g/mol. The fourth-order valence-corrected chi connectivity index (χ4v) is 1.07. The van der Waals surface area contributed by atoms with Crippen molar-refractivity contribution in [1.82, 2.24) is 0 Å². The van der Waals surface area contributed by atoms with Gasteiger partial charge in [-0.2, -0.15) is 0 Å². The van der Waals surface area contributed by atoms with Crippen LogP contribution < -0.4 is 4.74 Å². The van der Waals surface area contributed by atoms with E-state index in [1.807, 2.05) is 12.1 Å². The Morgan fingerprint density at radius 2 is 1.83 bits per heavy atom. The van der Waals surface area contributed by atoms with Gasteiger partial charge in [0.05, 0.1) is 6.61 Å². The van der Waals surface area contributed by atoms with Gasteiger partial charge in [-0.05, 0) is 30.5 Å². The Morgan fingerprint density at radius 3 is 2.25 bits per heavy atom. The van der Waals surface area contributed by atoms with Crippen molar-refractivity contribution in [3.05, 3.63) is 36.8 Å². The van der Waals surface area contributed by atoms with E-state index in [0.717, 1.165) is 5.75 Å². The third kappa shape index (κ3) is 2.26. The molecule has 1 aromatic carbocycles. The van der Waals surface area contributed by atoms with Crippen LogP contribution >= 0.6 is 0 Å². The summed E-state index contributed by atoms with van der Waals surface area (Å²) < 4.78 is 5.23. The summed E-state index contributed by atoms with van der Waals surface area (Å²) in [5.41, 5.74) is 1.34. The maximum absolute atomic E-state index is 5.23. The van der Waals surface area contributed by atoms with Crippen LogP contribution in [0.2, 0.25) is 0 Å². The van der Waals surface area contributed by atoms with Crippen molar-refractivity contribution in [1.29, 1.82) is 0 Å². The minimum absolute atomic E-state index is 0.487. The molecule has 12 heavy (non-hydrogen) atoms. The van der Waals surface area contributed by atoms with Crippen LogP contribution in [0.15, 0.2) is 24.3 Å². The summed E-state index contributed by atoms with van der Waals surface area (Å²) in [6.07, 6.45) is 0. The highest BCUT2D eigenvalue weighted by Crippen LogP contribution is 2.18. The zero-order valence-corrected chi connectivity index (χ0v) is 7.71. The molecule has 0 aliphatic carbocycles. The first-order chi connectivity index (χ1) is 5.74. The predicted molar refractivity (Wildman–Crippen MR) is 51.4 cm³/mol. The van der Waals surface area contributed by atoms with Crippen molar-refractivity contribution in [3.8, 4) is 5.75 Å². The number of ether oxygens (including phenoxy) is 1. The lowest BCUT2D eigenvalue weighted by molar-refractivity contribution is 0.361. The van der Waals surface area contributed by atoms with Crippen molar-refractivity contribution < 1.29 is 4.74 Å². The molecule has 0 spiro atoms. The van der Waals surface area contributed by atoms with Gasteiger partial charge < -0.3 is 4.74 Å². The van der Waals surface area contributed by atoms with E-state index in [0.29, 0.717) is 12.5 Å². The van der Waals surface area contributed by atoms with E-state index >= 15 is 0 Å². The van der Waals surface area contributed by atoms with Crippen molar-refractivity contribution in [2.75, 3.05) is 6.61 Å². The first-order valence-electron chi connectivity index (χ1n) is 4.26. The summed E-state index contributed by atoms with van der Waals surface area (Å²) in [5, 5.41) is 0. The molecule has 0 heterocycles. The Balaban J connectivity index is 2.71. The first-order valence-corrected chi connectivity index (χ1v) is 4.26. The van der Waals surface area contributed by atoms with Crippen LogP contribution in [0.3, 0.4) is 0 Å². The molecule has 0 amide bonds. The summed E-state index contributed by atoms with van der Waals surface area (Å²) in [5.74, 6) is 1.48. The Labute approximate surface area is 74.4 Å². The van der Waals surface area contributed by atoms with Gasteiger partial charge in [0.15, 0.2) is 0 Å². The molecular formula is C11H15O. The highest BCUT2D eigenvalue weighted by atomic mass is 16.5. The average Bonchev–Trinajstić information content (AvgIpc) is 2.06. The quantitative estimate of drug-likeness (QED) is 0.665. The Kier molecular flexibility index (Phi) is 3.15. The second kappa shape index (κ2) is 4.15. The van der Waals surface area contributed by atoms with Crippen LogP contribution in [-0.4, -0.2) is 6.61 Å². The van der Waals surface area contributed by atoms with E-state index in [-0.39, 0.29) is 0 Å². The summed E-state index contributed by atoms with van der Waals surface area (Å²) in [6, 6.07) is 8.16. The molecule has 1 rings (SSSR count). The molecule has 1 heteroatoms. The van der Waals surface area contributed by atoms with Gasteiger partial charge in [-0.15, -0.1) is 0 Å². The summed E-state index contributed by atoms with van der Waals surface area (Å²) in [7, 11) is 0. The highest BCUT2D eigenvalue weighted by molar-refractivity contribution is 5.28. The lowest BCUT2D eigenvalue weighted by Crippen LogP contribution is -1.92. The minimum atomic E-state index is 0.487. The normalized spacial score (nSPS) is 10.3. The molecule has 0 bridgehead atoms. The van der Waals surface area contributed by atoms with Crippen LogP contribution in [0, 0.1) is 6.92 Å². The lowest BCUT2D eigenvalue weighted by atomic mass is 10.0. The van der Waals surface area contributed by atoms with Crippen LogP contribution in [0.4, 0.5) is 0 Å². The molecular weight excluding hydrogens is 148 g/mol. The topological polar surface area (TPSA) is 9.23 Å². The molecule has 0 aromatic heterocycles. The Bertz CT molecular complexity index is 223. The van der Waals surface area contributed by atoms with Crippen molar-refractivity contribution in [3.63, 3.8) is 0 Å². The molecule has 0 N–H and O–H groups in total. The number of benzene rings is 1. The lowest BCUT2D eigenvalue weighted by Gasteiger charge is -2.06. The van der Waals surface area contributed by atoms with Crippen molar-refractivity contribution in [2.24, 2.45) is 0 Å². The van der Waals surface area contributed by atoms with E-state index < -0.39 is 0 Å². The largest absolute Gasteiger partial charge is 0.494 e. The van der Waals surface area contributed by atoms with Crippen molar-refractivity contribution >= 4 is 0 Å². The van der Waals surface area contributed by atoms with Gasteiger partial charge in [0, 0.05) is 0 Å². The van der Waals surface area contributed by atoms with E-state index in [9.17, 15) is 0 Å². The fourth-order valence-electron chi connectivity index (χ4n) is 1.07. The summed E-state index contributed by atoms with van der Waals surface area (Å²) in [4.78, 5) is 0. The van der Waals surface area contributed by atoms with Gasteiger partial charge in [-0.3, -0.25) is 0 Å². The molecule has 0 aliphatic rings. The summed E-state index contributed by atoms with van der Waals surface area (Å²) in [6.45, 7) is 8.46. The van der Waals surface area contributed by atoms with Crippen molar-refractivity contribution in [2.45, 2.75) is 19.8 Å². The Hall–Kier alpha value is -0.980. The smallest absolute Gasteiger partial charge is 0.119 e. The van der Waals surface area contributed by atoms with Gasteiger partial charge in [0.2, 0.25) is 0 Å². The second-order valence-corrected chi connectivity index (χ2v) is 3.07. The molecule has 0 fully saturated rings. The zero-order chi connectivity index (χ0) is 8.97. The van der Waals surface area contributed by atoms with Gasteiger partial charge in [0.25, 0.3) is 0 Å². The standard InChI is InChI=1S/C11H15O/c1-4-12-11-7-5-10(6-8-11)9(2)3/h5-9H,1,4H2,2-3H3. The molecule has 65 valence electrons. The molecule has 0 unspecified atom stereocenters. The molecule has 0 saturated heterocycles. The van der Waals surface area contributed by atoms with Crippen LogP contribution in [-0.2, 0) is 0 Å². The SMILES string of the molecule is [CH2]COc1ccc(C(C)C)cc1. The van der Waals surface area contributed by atoms with E-state index in [1.165, 1.54) is 5.56 Å². The molecule has 1 radical (unpaired) electrons. The number of rotatable bonds is 3. The van der Waals surface area contributed by atoms with Gasteiger partial charge in [0.1, 0.15) is 5.75 Å². The van der Waals surface area contributed by atoms with Gasteiger partial charge >= 0.3 is 0 Å². The summed E-state index contributed by atoms with van der Waals surface area (Å²) >= 11 is 0. The van der Waals surface area contributed by atoms with Crippen LogP contribution in [0.25, 0.3) is 0 Å². The molecule has 1 nitrogen and oxygen atoms in total. The second-order valence-electron chi connectivity index (χ2n) is 3.07. The van der Waals surface area contributed by atoms with E-state index in [2.05, 4.69) is 32.9 Å². The molecule has 0 saturated carbocycles. The minimum Gasteiger partial charge on any atom is -0.494 e.